The summed E-state index contributed by atoms with van der Waals surface area (Å²) in [6, 6.07) is 14.5. The van der Waals surface area contributed by atoms with Crippen LogP contribution in [0.1, 0.15) is 0 Å². The molecule has 1 heterocycles. The predicted octanol–water partition coefficient (Wildman–Crippen LogP) is 1.75. The minimum atomic E-state index is -0.511. The van der Waals surface area contributed by atoms with Crippen LogP contribution in [0.2, 0.25) is 0 Å². The smallest absolute Gasteiger partial charge is 0.146 e. The van der Waals surface area contributed by atoms with Crippen LogP contribution >= 0.6 is 15.9 Å². The van der Waals surface area contributed by atoms with Crippen molar-refractivity contribution in [1.29, 1.82) is 0 Å². The predicted molar refractivity (Wildman–Crippen MR) is 111 cm³/mol. The SMILES string of the molecule is O[C@H](COCCOc1ccc(Br)cc1)C[NH+]1CCN(c2ccccc2F)CC1. The Morgan fingerprint density at radius 1 is 1.07 bits per heavy atom. The molecule has 1 saturated heterocycles. The van der Waals surface area contributed by atoms with Crippen molar-refractivity contribution in [3.63, 3.8) is 0 Å². The van der Waals surface area contributed by atoms with Crippen molar-refractivity contribution in [2.45, 2.75) is 6.10 Å². The number of nitrogens with one attached hydrogen (secondary N) is 1. The molecule has 0 amide bonds. The zero-order valence-corrected chi connectivity index (χ0v) is 17.4. The van der Waals surface area contributed by atoms with Crippen molar-refractivity contribution >= 4 is 21.6 Å². The van der Waals surface area contributed by atoms with Crippen LogP contribution in [-0.2, 0) is 4.74 Å². The van der Waals surface area contributed by atoms with Gasteiger partial charge in [-0.3, -0.25) is 0 Å². The van der Waals surface area contributed by atoms with E-state index in [9.17, 15) is 9.50 Å². The van der Waals surface area contributed by atoms with Gasteiger partial charge in [0.25, 0.3) is 0 Å². The summed E-state index contributed by atoms with van der Waals surface area (Å²) < 4.78 is 26.0. The summed E-state index contributed by atoms with van der Waals surface area (Å²) in [6.07, 6.45) is -0.511. The Bertz CT molecular complexity index is 724. The van der Waals surface area contributed by atoms with Crippen LogP contribution in [0.5, 0.6) is 5.75 Å². The highest BCUT2D eigenvalue weighted by atomic mass is 79.9. The summed E-state index contributed by atoms with van der Waals surface area (Å²) in [7, 11) is 0. The minimum Gasteiger partial charge on any atom is -0.491 e. The highest BCUT2D eigenvalue weighted by Crippen LogP contribution is 2.18. The molecule has 0 aliphatic carbocycles. The van der Waals surface area contributed by atoms with Crippen LogP contribution in [0.25, 0.3) is 0 Å². The maximum absolute atomic E-state index is 13.9. The molecule has 0 saturated carbocycles. The second-order valence-electron chi connectivity index (χ2n) is 6.92. The van der Waals surface area contributed by atoms with Crippen molar-refractivity contribution in [2.24, 2.45) is 0 Å². The van der Waals surface area contributed by atoms with E-state index < -0.39 is 6.10 Å². The molecular formula is C21H27BrFN2O3+. The van der Waals surface area contributed by atoms with E-state index >= 15 is 0 Å². The molecule has 3 rings (SSSR count). The number of nitrogens with zero attached hydrogens (tertiary/aromatic N) is 1. The Kier molecular flexibility index (Phi) is 8.09. The number of hydrogen-bond donors (Lipinski definition) is 2. The number of anilines is 1. The molecule has 0 unspecified atom stereocenters. The molecule has 1 atom stereocenters. The van der Waals surface area contributed by atoms with Crippen molar-refractivity contribution < 1.29 is 23.9 Å². The van der Waals surface area contributed by atoms with Gasteiger partial charge in [-0.15, -0.1) is 0 Å². The third kappa shape index (κ3) is 6.44. The largest absolute Gasteiger partial charge is 0.491 e. The lowest BCUT2D eigenvalue weighted by molar-refractivity contribution is -0.903. The molecule has 0 radical (unpaired) electrons. The summed E-state index contributed by atoms with van der Waals surface area (Å²) in [5.74, 6) is 0.620. The van der Waals surface area contributed by atoms with Gasteiger partial charge < -0.3 is 24.4 Å². The number of benzene rings is 2. The lowest BCUT2D eigenvalue weighted by Gasteiger charge is -2.34. The van der Waals surface area contributed by atoms with Crippen LogP contribution in [0, 0.1) is 5.82 Å². The normalized spacial score (nSPS) is 16.2. The molecule has 0 aromatic heterocycles. The van der Waals surface area contributed by atoms with Crippen LogP contribution < -0.4 is 14.5 Å². The Labute approximate surface area is 173 Å². The Balaban J connectivity index is 1.29. The van der Waals surface area contributed by atoms with E-state index in [1.165, 1.54) is 11.0 Å². The second-order valence-corrected chi connectivity index (χ2v) is 7.84. The quantitative estimate of drug-likeness (QED) is 0.567. The molecule has 5 nitrogen and oxygen atoms in total. The first-order chi connectivity index (χ1) is 13.6. The summed E-state index contributed by atoms with van der Waals surface area (Å²) >= 11 is 3.38. The van der Waals surface area contributed by atoms with Crippen LogP contribution in [0.4, 0.5) is 10.1 Å². The molecule has 1 aliphatic heterocycles. The Morgan fingerprint density at radius 3 is 2.50 bits per heavy atom. The summed E-state index contributed by atoms with van der Waals surface area (Å²) in [6.45, 7) is 5.13. The van der Waals surface area contributed by atoms with Crippen molar-refractivity contribution in [3.8, 4) is 5.75 Å². The lowest BCUT2D eigenvalue weighted by atomic mass is 10.2. The van der Waals surface area contributed by atoms with E-state index in [1.54, 1.807) is 6.07 Å². The number of quaternary nitrogens is 1. The van der Waals surface area contributed by atoms with E-state index in [1.807, 2.05) is 36.4 Å². The van der Waals surface area contributed by atoms with Gasteiger partial charge in [0.2, 0.25) is 0 Å². The molecule has 7 heteroatoms. The van der Waals surface area contributed by atoms with Gasteiger partial charge in [0.05, 0.1) is 45.1 Å². The molecule has 0 spiro atoms. The maximum atomic E-state index is 13.9. The standard InChI is InChI=1S/C21H26BrFN2O3/c22-17-5-7-19(8-6-17)28-14-13-27-16-18(26)15-24-9-11-25(12-10-24)21-4-2-1-3-20(21)23/h1-8,18,26H,9-16H2/p+1/t18-/m0/s1. The molecule has 152 valence electrons. The topological polar surface area (TPSA) is 46.4 Å². The van der Waals surface area contributed by atoms with Gasteiger partial charge >= 0.3 is 0 Å². The first-order valence-electron chi connectivity index (χ1n) is 9.59. The number of aliphatic hydroxyl groups is 1. The zero-order chi connectivity index (χ0) is 19.8. The Hall–Kier alpha value is -1.67. The Morgan fingerprint density at radius 2 is 1.79 bits per heavy atom. The number of piperazine rings is 1. The van der Waals surface area contributed by atoms with Crippen LogP contribution in [0.3, 0.4) is 0 Å². The number of hydrogen-bond acceptors (Lipinski definition) is 4. The average Bonchev–Trinajstić information content (AvgIpc) is 2.70. The highest BCUT2D eigenvalue weighted by molar-refractivity contribution is 9.10. The maximum Gasteiger partial charge on any atom is 0.146 e. The summed E-state index contributed by atoms with van der Waals surface area (Å²) in [5.41, 5.74) is 0.663. The van der Waals surface area contributed by atoms with Gasteiger partial charge in [0.15, 0.2) is 0 Å². The van der Waals surface area contributed by atoms with Crippen molar-refractivity contribution in [3.05, 3.63) is 58.8 Å². The molecule has 28 heavy (non-hydrogen) atoms. The molecule has 2 aromatic carbocycles. The van der Waals surface area contributed by atoms with Gasteiger partial charge in [-0.05, 0) is 36.4 Å². The molecule has 0 bridgehead atoms. The van der Waals surface area contributed by atoms with E-state index in [-0.39, 0.29) is 5.82 Å². The highest BCUT2D eigenvalue weighted by Gasteiger charge is 2.23. The average molecular weight is 454 g/mol. The number of aliphatic hydroxyl groups excluding tert-OH is 1. The van der Waals surface area contributed by atoms with Crippen LogP contribution in [0.15, 0.2) is 53.0 Å². The van der Waals surface area contributed by atoms with E-state index in [2.05, 4.69) is 20.8 Å². The molecular weight excluding hydrogens is 427 g/mol. The fourth-order valence-electron chi connectivity index (χ4n) is 3.34. The monoisotopic (exact) mass is 453 g/mol. The third-order valence-corrected chi connectivity index (χ3v) is 5.34. The number of rotatable bonds is 9. The molecule has 1 fully saturated rings. The van der Waals surface area contributed by atoms with Gasteiger partial charge in [-0.2, -0.15) is 0 Å². The fraction of sp³-hybridized carbons (Fsp3) is 0.429. The molecule has 2 N–H and O–H groups in total. The summed E-state index contributed by atoms with van der Waals surface area (Å²) in [4.78, 5) is 3.39. The minimum absolute atomic E-state index is 0.176. The zero-order valence-electron chi connectivity index (χ0n) is 15.8. The number of para-hydroxylation sites is 1. The first-order valence-corrected chi connectivity index (χ1v) is 10.4. The van der Waals surface area contributed by atoms with Gasteiger partial charge in [0.1, 0.15) is 30.8 Å². The molecule has 2 aromatic rings. The van der Waals surface area contributed by atoms with Crippen LogP contribution in [-0.4, -0.2) is 63.8 Å². The molecule has 1 aliphatic rings. The van der Waals surface area contributed by atoms with Crippen molar-refractivity contribution in [2.75, 3.05) is 57.4 Å². The van der Waals surface area contributed by atoms with E-state index in [4.69, 9.17) is 9.47 Å². The van der Waals surface area contributed by atoms with Gasteiger partial charge in [-0.25, -0.2) is 4.39 Å². The first kappa shape index (κ1) is 21.0. The van der Waals surface area contributed by atoms with E-state index in [0.717, 1.165) is 36.4 Å². The number of halogens is 2. The van der Waals surface area contributed by atoms with Gasteiger partial charge in [-0.1, -0.05) is 28.1 Å². The van der Waals surface area contributed by atoms with E-state index in [0.29, 0.717) is 32.1 Å². The van der Waals surface area contributed by atoms with Crippen molar-refractivity contribution in [1.82, 2.24) is 0 Å². The summed E-state index contributed by atoms with van der Waals surface area (Å²) in [5, 5.41) is 10.2. The fourth-order valence-corrected chi connectivity index (χ4v) is 3.60. The lowest BCUT2D eigenvalue weighted by Crippen LogP contribution is -3.16. The second kappa shape index (κ2) is 10.8. The number of ether oxygens (including phenoxy) is 2. The third-order valence-electron chi connectivity index (χ3n) is 4.81. The van der Waals surface area contributed by atoms with Gasteiger partial charge in [0, 0.05) is 4.47 Å².